The second-order valence-corrected chi connectivity index (χ2v) is 9.85. The third-order valence-corrected chi connectivity index (χ3v) is 8.09. The van der Waals surface area contributed by atoms with E-state index in [0.29, 0.717) is 54.9 Å². The van der Waals surface area contributed by atoms with E-state index < -0.39 is 15.9 Å². The monoisotopic (exact) mass is 499 g/mol. The fourth-order valence-corrected chi connectivity index (χ4v) is 5.61. The number of sulfonamides is 1. The lowest BCUT2D eigenvalue weighted by Gasteiger charge is -2.26. The van der Waals surface area contributed by atoms with Crippen molar-refractivity contribution in [1.29, 1.82) is 0 Å². The van der Waals surface area contributed by atoms with Gasteiger partial charge in [0.25, 0.3) is 11.5 Å². The third kappa shape index (κ3) is 5.08. The number of aromatic nitrogens is 2. The number of anilines is 2. The van der Waals surface area contributed by atoms with Crippen LogP contribution >= 0.6 is 0 Å². The summed E-state index contributed by atoms with van der Waals surface area (Å²) in [6.45, 7) is 11.7. The number of rotatable bonds is 10. The zero-order valence-corrected chi connectivity index (χ0v) is 21.7. The Morgan fingerprint density at radius 2 is 1.57 bits per heavy atom. The molecule has 0 aliphatic rings. The average molecular weight is 500 g/mol. The molecule has 9 nitrogen and oxygen atoms in total. The van der Waals surface area contributed by atoms with Gasteiger partial charge in [-0.2, -0.15) is 9.40 Å². The minimum absolute atomic E-state index is 0.101. The third-order valence-electron chi connectivity index (χ3n) is 6.05. The van der Waals surface area contributed by atoms with Gasteiger partial charge in [-0.15, -0.1) is 0 Å². The molecule has 0 spiro atoms. The molecule has 3 rings (SSSR count). The van der Waals surface area contributed by atoms with E-state index in [1.165, 1.54) is 15.1 Å². The quantitative estimate of drug-likeness (QED) is 0.458. The van der Waals surface area contributed by atoms with Gasteiger partial charge >= 0.3 is 0 Å². The maximum Gasteiger partial charge on any atom is 0.276 e. The molecule has 1 amide bonds. The van der Waals surface area contributed by atoms with Crippen LogP contribution in [0.3, 0.4) is 0 Å². The molecule has 188 valence electrons. The van der Waals surface area contributed by atoms with Crippen molar-refractivity contribution in [2.45, 2.75) is 46.1 Å². The molecular weight excluding hydrogens is 466 g/mol. The summed E-state index contributed by atoms with van der Waals surface area (Å²) in [6, 6.07) is 11.6. The number of nitrogens with zero attached hydrogens (tertiary/aromatic N) is 4. The summed E-state index contributed by atoms with van der Waals surface area (Å²) in [5, 5.41) is 8.03. The summed E-state index contributed by atoms with van der Waals surface area (Å²) < 4.78 is 29.0. The van der Waals surface area contributed by atoms with Crippen molar-refractivity contribution in [2.75, 3.05) is 36.4 Å². The van der Waals surface area contributed by atoms with E-state index in [1.807, 2.05) is 18.7 Å². The number of nitrogens with one attached hydrogen (secondary N) is 1. The number of carbonyl (C=O) groups is 1. The molecule has 0 radical (unpaired) electrons. The van der Waals surface area contributed by atoms with E-state index in [0.717, 1.165) is 0 Å². The Hall–Kier alpha value is -3.24. The molecule has 0 unspecified atom stereocenters. The van der Waals surface area contributed by atoms with Crippen molar-refractivity contribution in [3.63, 3.8) is 0 Å². The molecule has 10 heteroatoms. The maximum atomic E-state index is 13.5. The van der Waals surface area contributed by atoms with Crippen LogP contribution in [0.2, 0.25) is 0 Å². The van der Waals surface area contributed by atoms with E-state index in [-0.39, 0.29) is 16.1 Å². The molecular formula is C25H33N5O4S. The normalized spacial score (nSPS) is 11.7. The van der Waals surface area contributed by atoms with Crippen molar-refractivity contribution >= 4 is 38.1 Å². The van der Waals surface area contributed by atoms with Gasteiger partial charge in [-0.1, -0.05) is 32.0 Å². The summed E-state index contributed by atoms with van der Waals surface area (Å²) in [5.74, 6) is -0.519. The van der Waals surface area contributed by atoms with Crippen molar-refractivity contribution in [2.24, 2.45) is 0 Å². The summed E-state index contributed by atoms with van der Waals surface area (Å²) in [5.41, 5.74) is 0.905. The molecule has 3 aromatic rings. The van der Waals surface area contributed by atoms with Gasteiger partial charge in [0.05, 0.1) is 21.7 Å². The number of hydrogen-bond acceptors (Lipinski definition) is 6. The Balaban J connectivity index is 2.16. The van der Waals surface area contributed by atoms with Crippen LogP contribution in [0, 0.1) is 0 Å². The summed E-state index contributed by atoms with van der Waals surface area (Å²) in [7, 11) is -3.73. The van der Waals surface area contributed by atoms with Gasteiger partial charge in [0.1, 0.15) is 0 Å². The summed E-state index contributed by atoms with van der Waals surface area (Å²) in [4.78, 5) is 28.3. The zero-order chi connectivity index (χ0) is 25.8. The lowest BCUT2D eigenvalue weighted by molar-refractivity contribution is 0.102. The van der Waals surface area contributed by atoms with Crippen molar-refractivity contribution in [1.82, 2.24) is 14.1 Å². The predicted molar refractivity (Wildman–Crippen MR) is 140 cm³/mol. The van der Waals surface area contributed by atoms with Crippen LogP contribution in [0.4, 0.5) is 11.4 Å². The first-order chi connectivity index (χ1) is 16.7. The lowest BCUT2D eigenvalue weighted by Crippen LogP contribution is -2.31. The molecule has 1 N–H and O–H groups in total. The van der Waals surface area contributed by atoms with Crippen molar-refractivity contribution < 1.29 is 13.2 Å². The number of fused-ring (bicyclic) bond motifs is 1. The van der Waals surface area contributed by atoms with Gasteiger partial charge in [-0.05, 0) is 45.0 Å². The molecule has 1 heterocycles. The van der Waals surface area contributed by atoms with Crippen LogP contribution in [0.1, 0.15) is 45.1 Å². The Kier molecular flexibility index (Phi) is 8.29. The molecule has 0 fully saturated rings. The first kappa shape index (κ1) is 26.4. The second-order valence-electron chi connectivity index (χ2n) is 7.91. The van der Waals surface area contributed by atoms with Crippen molar-refractivity contribution in [3.8, 4) is 0 Å². The van der Waals surface area contributed by atoms with Gasteiger partial charge in [0.2, 0.25) is 10.0 Å². The fourth-order valence-electron chi connectivity index (χ4n) is 4.13. The highest BCUT2D eigenvalue weighted by Crippen LogP contribution is 2.31. The summed E-state index contributed by atoms with van der Waals surface area (Å²) >= 11 is 0. The topological polar surface area (TPSA) is 105 Å². The number of carbonyl (C=O) groups excluding carboxylic acids is 1. The van der Waals surface area contributed by atoms with Crippen LogP contribution in [0.15, 0.2) is 52.2 Å². The molecule has 0 bridgehead atoms. The van der Waals surface area contributed by atoms with Gasteiger partial charge in [0.15, 0.2) is 5.69 Å². The van der Waals surface area contributed by atoms with Gasteiger partial charge < -0.3 is 10.2 Å². The first-order valence-electron chi connectivity index (χ1n) is 11.9. The minimum Gasteiger partial charge on any atom is -0.370 e. The maximum absolute atomic E-state index is 13.5. The van der Waals surface area contributed by atoms with E-state index in [1.54, 1.807) is 57.2 Å². The molecule has 0 aliphatic heterocycles. The molecule has 1 aromatic heterocycles. The van der Waals surface area contributed by atoms with E-state index in [9.17, 15) is 18.0 Å². The molecule has 0 saturated heterocycles. The Labute approximate surface area is 206 Å². The number of benzene rings is 2. The van der Waals surface area contributed by atoms with E-state index >= 15 is 0 Å². The number of hydrogen-bond donors (Lipinski definition) is 1. The molecule has 2 aromatic carbocycles. The number of aryl methyl sites for hydroxylation is 1. The largest absolute Gasteiger partial charge is 0.370 e. The second kappa shape index (κ2) is 11.0. The smallest absolute Gasteiger partial charge is 0.276 e. The molecule has 35 heavy (non-hydrogen) atoms. The summed E-state index contributed by atoms with van der Waals surface area (Å²) in [6.07, 6.45) is 0. The van der Waals surface area contributed by atoms with Crippen LogP contribution in [-0.2, 0) is 16.6 Å². The molecule has 0 atom stereocenters. The van der Waals surface area contributed by atoms with Crippen LogP contribution < -0.4 is 15.8 Å². The average Bonchev–Trinajstić information content (AvgIpc) is 2.86. The SMILES string of the molecule is CCN(CC)c1ccc(S(=O)(=O)N(CC)CC)cc1NC(=O)c1nn(CC)c(=O)c2ccccc12. The van der Waals surface area contributed by atoms with Gasteiger partial charge in [-0.25, -0.2) is 13.1 Å². The minimum atomic E-state index is -3.73. The Morgan fingerprint density at radius 3 is 2.14 bits per heavy atom. The Morgan fingerprint density at radius 1 is 0.943 bits per heavy atom. The fraction of sp³-hybridized carbons (Fsp3) is 0.400. The van der Waals surface area contributed by atoms with Crippen LogP contribution in [0.25, 0.3) is 10.8 Å². The first-order valence-corrected chi connectivity index (χ1v) is 13.4. The van der Waals surface area contributed by atoms with E-state index in [4.69, 9.17) is 0 Å². The Bertz CT molecular complexity index is 1380. The molecule has 0 aliphatic carbocycles. The predicted octanol–water partition coefficient (Wildman–Crippen LogP) is 3.55. The lowest BCUT2D eigenvalue weighted by atomic mass is 10.1. The highest BCUT2D eigenvalue weighted by atomic mass is 32.2. The van der Waals surface area contributed by atoms with Crippen LogP contribution in [-0.4, -0.2) is 54.6 Å². The highest BCUT2D eigenvalue weighted by Gasteiger charge is 2.25. The standard InChI is InChI=1S/C25H33N5O4S/c1-6-28(7-2)22-16-15-18(35(33,34)29(8-3)9-4)17-21(22)26-24(31)23-19-13-11-12-14-20(19)25(32)30(10-5)27-23/h11-17H,6-10H2,1-5H3,(H,26,31). The van der Waals surface area contributed by atoms with Gasteiger partial charge in [0, 0.05) is 38.1 Å². The van der Waals surface area contributed by atoms with E-state index in [2.05, 4.69) is 10.4 Å². The van der Waals surface area contributed by atoms with Crippen molar-refractivity contribution in [3.05, 3.63) is 58.5 Å². The highest BCUT2D eigenvalue weighted by molar-refractivity contribution is 7.89. The zero-order valence-electron chi connectivity index (χ0n) is 20.9. The number of amides is 1. The van der Waals surface area contributed by atoms with Gasteiger partial charge in [-0.3, -0.25) is 9.59 Å². The van der Waals surface area contributed by atoms with Crippen LogP contribution in [0.5, 0.6) is 0 Å². The molecule has 0 saturated carbocycles.